The lowest BCUT2D eigenvalue weighted by atomic mass is 9.92. The topological polar surface area (TPSA) is 75.4 Å². The maximum Gasteiger partial charge on any atom is 0.303 e. The Morgan fingerprint density at radius 2 is 2.10 bits per heavy atom. The fourth-order valence-corrected chi connectivity index (χ4v) is 2.66. The number of hydrogen-bond acceptors (Lipinski definition) is 3. The van der Waals surface area contributed by atoms with Gasteiger partial charge in [-0.25, -0.2) is 0 Å². The summed E-state index contributed by atoms with van der Waals surface area (Å²) >= 11 is 0. The summed E-state index contributed by atoms with van der Waals surface area (Å²) < 4.78 is 1.67. The highest BCUT2D eigenvalue weighted by atomic mass is 16.4. The van der Waals surface area contributed by atoms with E-state index in [1.807, 2.05) is 17.9 Å². The Bertz CT molecular complexity index is 450. The van der Waals surface area contributed by atoms with Gasteiger partial charge in [-0.2, -0.15) is 5.10 Å². The summed E-state index contributed by atoms with van der Waals surface area (Å²) in [5, 5.41) is 12.8. The lowest BCUT2D eigenvalue weighted by Gasteiger charge is -2.33. The number of aromatic nitrogens is 2. The summed E-state index contributed by atoms with van der Waals surface area (Å²) in [6.45, 7) is 3.29. The molecule has 0 aromatic carbocycles. The van der Waals surface area contributed by atoms with Crippen LogP contribution in [0, 0.1) is 5.92 Å². The van der Waals surface area contributed by atoms with Crippen LogP contribution in [0.15, 0.2) is 18.5 Å². The van der Waals surface area contributed by atoms with Crippen molar-refractivity contribution >= 4 is 11.9 Å². The normalized spacial score (nSPS) is 17.9. The molecular weight excluding hydrogens is 258 g/mol. The van der Waals surface area contributed by atoms with Crippen molar-refractivity contribution in [3.8, 4) is 0 Å². The van der Waals surface area contributed by atoms with Gasteiger partial charge in [0.25, 0.3) is 0 Å². The van der Waals surface area contributed by atoms with Crippen molar-refractivity contribution in [1.82, 2.24) is 14.7 Å². The molecule has 1 saturated heterocycles. The molecule has 1 N–H and O–H groups in total. The molecule has 20 heavy (non-hydrogen) atoms. The summed E-state index contributed by atoms with van der Waals surface area (Å²) in [5.74, 6) is -0.226. The first-order valence-electron chi connectivity index (χ1n) is 7.07. The Balaban J connectivity index is 1.81. The quantitative estimate of drug-likeness (QED) is 0.887. The molecule has 110 valence electrons. The smallest absolute Gasteiger partial charge is 0.303 e. The zero-order valence-electron chi connectivity index (χ0n) is 11.7. The molecule has 1 aliphatic heterocycles. The molecule has 1 aliphatic rings. The Kier molecular flexibility index (Phi) is 4.76. The van der Waals surface area contributed by atoms with Crippen LogP contribution < -0.4 is 0 Å². The average molecular weight is 279 g/mol. The Hall–Kier alpha value is -1.85. The summed E-state index contributed by atoms with van der Waals surface area (Å²) in [5.41, 5.74) is 0. The van der Waals surface area contributed by atoms with Gasteiger partial charge in [-0.05, 0) is 38.2 Å². The van der Waals surface area contributed by atoms with Crippen molar-refractivity contribution in [3.05, 3.63) is 18.5 Å². The molecule has 1 unspecified atom stereocenters. The summed E-state index contributed by atoms with van der Waals surface area (Å²) in [6.07, 6.45) is 6.19. The zero-order valence-corrected chi connectivity index (χ0v) is 11.7. The third-order valence-electron chi connectivity index (χ3n) is 3.97. The molecular formula is C14H21N3O3. The van der Waals surface area contributed by atoms with Crippen molar-refractivity contribution in [2.24, 2.45) is 5.92 Å². The van der Waals surface area contributed by atoms with Gasteiger partial charge in [0.2, 0.25) is 5.91 Å². The van der Waals surface area contributed by atoms with Gasteiger partial charge >= 0.3 is 5.97 Å². The molecule has 0 bridgehead atoms. The number of likely N-dealkylation sites (tertiary alicyclic amines) is 1. The second kappa shape index (κ2) is 6.54. The summed E-state index contributed by atoms with van der Waals surface area (Å²) in [7, 11) is 0. The van der Waals surface area contributed by atoms with E-state index in [-0.39, 0.29) is 18.4 Å². The fraction of sp³-hybridized carbons (Fsp3) is 0.643. The van der Waals surface area contributed by atoms with Crippen LogP contribution in [0.3, 0.4) is 0 Å². The predicted molar refractivity (Wildman–Crippen MR) is 73.1 cm³/mol. The number of piperidine rings is 1. The lowest BCUT2D eigenvalue weighted by molar-refractivity contribution is -0.138. The number of nitrogens with zero attached hydrogens (tertiary/aromatic N) is 3. The van der Waals surface area contributed by atoms with E-state index in [2.05, 4.69) is 5.10 Å². The van der Waals surface area contributed by atoms with Crippen LogP contribution in [0.1, 0.15) is 38.6 Å². The number of amides is 1. The van der Waals surface area contributed by atoms with Crippen LogP contribution >= 0.6 is 0 Å². The number of carbonyl (C=O) groups is 2. The van der Waals surface area contributed by atoms with E-state index in [0.717, 1.165) is 12.8 Å². The van der Waals surface area contributed by atoms with Crippen LogP contribution in [0.4, 0.5) is 0 Å². The molecule has 2 rings (SSSR count). The average Bonchev–Trinajstić information content (AvgIpc) is 2.98. The molecule has 0 spiro atoms. The third-order valence-corrected chi connectivity index (χ3v) is 3.97. The van der Waals surface area contributed by atoms with Gasteiger partial charge in [0.15, 0.2) is 0 Å². The van der Waals surface area contributed by atoms with Crippen molar-refractivity contribution in [2.75, 3.05) is 13.1 Å². The van der Waals surface area contributed by atoms with Gasteiger partial charge in [-0.15, -0.1) is 0 Å². The Morgan fingerprint density at radius 3 is 2.65 bits per heavy atom. The molecule has 0 saturated carbocycles. The number of carboxylic acids is 1. The highest BCUT2D eigenvalue weighted by Crippen LogP contribution is 2.23. The maximum absolute atomic E-state index is 12.3. The minimum atomic E-state index is -0.740. The third kappa shape index (κ3) is 3.59. The van der Waals surface area contributed by atoms with Crippen molar-refractivity contribution in [3.63, 3.8) is 0 Å². The summed E-state index contributed by atoms with van der Waals surface area (Å²) in [6, 6.07) is 1.53. The first-order valence-corrected chi connectivity index (χ1v) is 7.07. The van der Waals surface area contributed by atoms with Gasteiger partial charge in [-0.3, -0.25) is 14.3 Å². The highest BCUT2D eigenvalue weighted by molar-refractivity contribution is 5.80. The summed E-state index contributed by atoms with van der Waals surface area (Å²) in [4.78, 5) is 24.8. The van der Waals surface area contributed by atoms with E-state index in [4.69, 9.17) is 5.11 Å². The monoisotopic (exact) mass is 279 g/mol. The molecule has 1 aromatic heterocycles. The zero-order chi connectivity index (χ0) is 14.5. The van der Waals surface area contributed by atoms with Gasteiger partial charge in [-0.1, -0.05) is 0 Å². The van der Waals surface area contributed by atoms with E-state index >= 15 is 0 Å². The molecule has 1 aromatic rings. The van der Waals surface area contributed by atoms with E-state index in [0.29, 0.717) is 25.4 Å². The highest BCUT2D eigenvalue weighted by Gasteiger charge is 2.27. The SMILES string of the molecule is CC(C(=O)N1CCC(CCC(=O)O)CC1)n1cccn1. The first-order chi connectivity index (χ1) is 9.58. The second-order valence-corrected chi connectivity index (χ2v) is 5.36. The van der Waals surface area contributed by atoms with Gasteiger partial charge in [0.1, 0.15) is 6.04 Å². The Morgan fingerprint density at radius 1 is 1.40 bits per heavy atom. The van der Waals surface area contributed by atoms with E-state index in [9.17, 15) is 9.59 Å². The van der Waals surface area contributed by atoms with Gasteiger partial charge < -0.3 is 10.0 Å². The number of carbonyl (C=O) groups excluding carboxylic acids is 1. The van der Waals surface area contributed by atoms with Gasteiger partial charge in [0, 0.05) is 31.9 Å². The van der Waals surface area contributed by atoms with Gasteiger partial charge in [0.05, 0.1) is 0 Å². The number of aliphatic carboxylic acids is 1. The van der Waals surface area contributed by atoms with E-state index in [1.165, 1.54) is 0 Å². The maximum atomic E-state index is 12.3. The number of rotatable bonds is 5. The molecule has 6 heteroatoms. The first kappa shape index (κ1) is 14.6. The van der Waals surface area contributed by atoms with Crippen LogP contribution in [-0.2, 0) is 9.59 Å². The number of carboxylic acid groups (broad SMARTS) is 1. The minimum Gasteiger partial charge on any atom is -0.481 e. The van der Waals surface area contributed by atoms with Crippen molar-refractivity contribution in [2.45, 2.75) is 38.6 Å². The van der Waals surface area contributed by atoms with Crippen LogP contribution in [0.25, 0.3) is 0 Å². The fourth-order valence-electron chi connectivity index (χ4n) is 2.66. The van der Waals surface area contributed by atoms with Crippen LogP contribution in [0.5, 0.6) is 0 Å². The molecule has 1 fully saturated rings. The van der Waals surface area contributed by atoms with Crippen molar-refractivity contribution in [1.29, 1.82) is 0 Å². The predicted octanol–water partition coefficient (Wildman–Crippen LogP) is 1.55. The second-order valence-electron chi connectivity index (χ2n) is 5.36. The van der Waals surface area contributed by atoms with E-state index in [1.54, 1.807) is 17.1 Å². The molecule has 1 atom stereocenters. The van der Waals surface area contributed by atoms with Crippen molar-refractivity contribution < 1.29 is 14.7 Å². The Labute approximate surface area is 118 Å². The lowest BCUT2D eigenvalue weighted by Crippen LogP contribution is -2.42. The molecule has 2 heterocycles. The molecule has 1 amide bonds. The standard InChI is InChI=1S/C14H21N3O3/c1-11(17-8-2-7-15-17)14(20)16-9-5-12(6-10-16)3-4-13(18)19/h2,7-8,11-12H,3-6,9-10H2,1H3,(H,18,19). The minimum absolute atomic E-state index is 0.0883. The van der Waals surface area contributed by atoms with E-state index < -0.39 is 5.97 Å². The molecule has 6 nitrogen and oxygen atoms in total. The van der Waals surface area contributed by atoms with Crippen LogP contribution in [-0.4, -0.2) is 44.8 Å². The molecule has 0 aliphatic carbocycles. The molecule has 0 radical (unpaired) electrons. The largest absolute Gasteiger partial charge is 0.481 e. The van der Waals surface area contributed by atoms with Crippen LogP contribution in [0.2, 0.25) is 0 Å². The number of hydrogen-bond donors (Lipinski definition) is 1.